The van der Waals surface area contributed by atoms with Gasteiger partial charge in [0.15, 0.2) is 0 Å². The number of carbonyl (C=O) groups is 2. The molecule has 27 heavy (non-hydrogen) atoms. The molecule has 1 aliphatic rings. The zero-order chi connectivity index (χ0) is 19.4. The van der Waals surface area contributed by atoms with E-state index in [9.17, 15) is 9.59 Å². The maximum Gasteiger partial charge on any atom is 0.272 e. The molecule has 0 radical (unpaired) electrons. The summed E-state index contributed by atoms with van der Waals surface area (Å²) < 4.78 is 0. The molecule has 142 valence electrons. The molecular formula is C19H22ClN5O2. The zero-order valence-corrected chi connectivity index (χ0v) is 16.1. The first-order valence-corrected chi connectivity index (χ1v) is 9.17. The summed E-state index contributed by atoms with van der Waals surface area (Å²) in [4.78, 5) is 37.3. The molecule has 2 aromatic heterocycles. The van der Waals surface area contributed by atoms with Gasteiger partial charge in [0, 0.05) is 45.3 Å². The van der Waals surface area contributed by atoms with E-state index >= 15 is 0 Å². The molecule has 0 unspecified atom stereocenters. The van der Waals surface area contributed by atoms with Gasteiger partial charge in [-0.05, 0) is 37.1 Å². The second-order valence-corrected chi connectivity index (χ2v) is 7.17. The van der Waals surface area contributed by atoms with Crippen molar-refractivity contribution in [2.75, 3.05) is 37.4 Å². The van der Waals surface area contributed by atoms with Crippen LogP contribution in [0, 0.1) is 5.92 Å². The molecule has 3 rings (SSSR count). The average Bonchev–Trinajstić information content (AvgIpc) is 2.69. The van der Waals surface area contributed by atoms with Gasteiger partial charge in [0.1, 0.15) is 11.5 Å². The van der Waals surface area contributed by atoms with Crippen molar-refractivity contribution in [2.24, 2.45) is 5.92 Å². The van der Waals surface area contributed by atoms with Crippen LogP contribution in [0.25, 0.3) is 0 Å². The van der Waals surface area contributed by atoms with Gasteiger partial charge in [-0.25, -0.2) is 4.98 Å². The van der Waals surface area contributed by atoms with Gasteiger partial charge in [0.2, 0.25) is 5.91 Å². The number of nitrogens with zero attached hydrogens (tertiary/aromatic N) is 4. The fourth-order valence-corrected chi connectivity index (χ4v) is 3.14. The predicted molar refractivity (Wildman–Crippen MR) is 105 cm³/mol. The van der Waals surface area contributed by atoms with Crippen LogP contribution in [0.3, 0.4) is 0 Å². The minimum atomic E-state index is -0.280. The van der Waals surface area contributed by atoms with E-state index in [4.69, 9.17) is 11.6 Å². The molecule has 1 aliphatic heterocycles. The third-order valence-corrected chi connectivity index (χ3v) is 4.76. The van der Waals surface area contributed by atoms with Crippen LogP contribution in [-0.4, -0.2) is 53.9 Å². The number of hydrogen-bond acceptors (Lipinski definition) is 5. The number of aromatic nitrogens is 2. The molecule has 1 atom stereocenters. The molecule has 0 saturated carbocycles. The van der Waals surface area contributed by atoms with Crippen molar-refractivity contribution in [1.29, 1.82) is 0 Å². The number of hydrogen-bond donors (Lipinski definition) is 1. The SMILES string of the molecule is CN(C)c1ccnc(C(=O)N2CCC[C@H](C(=O)Nc3ccc(Cl)cn3)C2)c1. The predicted octanol–water partition coefficient (Wildman–Crippen LogP) is 2.69. The summed E-state index contributed by atoms with van der Waals surface area (Å²) in [6, 6.07) is 6.94. The zero-order valence-electron chi connectivity index (χ0n) is 15.4. The summed E-state index contributed by atoms with van der Waals surface area (Å²) in [5, 5.41) is 3.30. The van der Waals surface area contributed by atoms with Crippen LogP contribution in [0.5, 0.6) is 0 Å². The molecule has 8 heteroatoms. The van der Waals surface area contributed by atoms with Crippen molar-refractivity contribution < 1.29 is 9.59 Å². The Morgan fingerprint density at radius 1 is 1.26 bits per heavy atom. The third kappa shape index (κ3) is 4.74. The number of pyridine rings is 2. The number of nitrogens with one attached hydrogen (secondary N) is 1. The molecular weight excluding hydrogens is 366 g/mol. The fourth-order valence-electron chi connectivity index (χ4n) is 3.03. The van der Waals surface area contributed by atoms with E-state index in [1.54, 1.807) is 29.3 Å². The lowest BCUT2D eigenvalue weighted by atomic mass is 9.96. The molecule has 0 bridgehead atoms. The van der Waals surface area contributed by atoms with Crippen molar-refractivity contribution in [1.82, 2.24) is 14.9 Å². The Morgan fingerprint density at radius 2 is 2.07 bits per heavy atom. The minimum Gasteiger partial charge on any atom is -0.378 e. The van der Waals surface area contributed by atoms with Crippen LogP contribution >= 0.6 is 11.6 Å². The number of anilines is 2. The fraction of sp³-hybridized carbons (Fsp3) is 0.368. The van der Waals surface area contributed by atoms with Crippen molar-refractivity contribution >= 4 is 34.9 Å². The molecule has 0 aromatic carbocycles. The van der Waals surface area contributed by atoms with Gasteiger partial charge in [-0.1, -0.05) is 11.6 Å². The topological polar surface area (TPSA) is 78.4 Å². The summed E-state index contributed by atoms with van der Waals surface area (Å²) in [5.74, 6) is -0.122. The number of amides is 2. The Balaban J connectivity index is 1.66. The monoisotopic (exact) mass is 387 g/mol. The second kappa shape index (κ2) is 8.35. The lowest BCUT2D eigenvalue weighted by Gasteiger charge is -2.32. The molecule has 1 N–H and O–H groups in total. The van der Waals surface area contributed by atoms with Crippen LogP contribution < -0.4 is 10.2 Å². The van der Waals surface area contributed by atoms with Gasteiger partial charge >= 0.3 is 0 Å². The Labute approximate surface area is 163 Å². The summed E-state index contributed by atoms with van der Waals surface area (Å²) in [6.45, 7) is 0.988. The van der Waals surface area contributed by atoms with Gasteiger partial charge in [-0.3, -0.25) is 14.6 Å². The van der Waals surface area contributed by atoms with E-state index in [0.29, 0.717) is 29.6 Å². The van der Waals surface area contributed by atoms with Gasteiger partial charge in [0.05, 0.1) is 10.9 Å². The summed E-state index contributed by atoms with van der Waals surface area (Å²) in [7, 11) is 3.82. The Bertz CT molecular complexity index is 825. The highest BCUT2D eigenvalue weighted by atomic mass is 35.5. The lowest BCUT2D eigenvalue weighted by Crippen LogP contribution is -2.44. The van der Waals surface area contributed by atoms with Crippen LogP contribution in [0.4, 0.5) is 11.5 Å². The summed E-state index contributed by atoms with van der Waals surface area (Å²) in [5.41, 5.74) is 1.30. The Hall–Kier alpha value is -2.67. The van der Waals surface area contributed by atoms with E-state index in [-0.39, 0.29) is 17.7 Å². The number of halogens is 1. The standard InChI is InChI=1S/C19H22ClN5O2/c1-24(2)15-7-8-21-16(10-15)19(27)25-9-3-4-13(12-25)18(26)23-17-6-5-14(20)11-22-17/h5-8,10-11,13H,3-4,9,12H2,1-2H3,(H,22,23,26)/t13-/m0/s1. The van der Waals surface area contributed by atoms with Crippen LogP contribution in [0.1, 0.15) is 23.3 Å². The highest BCUT2D eigenvalue weighted by molar-refractivity contribution is 6.30. The number of carbonyl (C=O) groups excluding carboxylic acids is 2. The van der Waals surface area contributed by atoms with E-state index in [2.05, 4.69) is 15.3 Å². The average molecular weight is 388 g/mol. The molecule has 7 nitrogen and oxygen atoms in total. The quantitative estimate of drug-likeness (QED) is 0.872. The number of rotatable bonds is 4. The van der Waals surface area contributed by atoms with Gasteiger partial charge in [0.25, 0.3) is 5.91 Å². The minimum absolute atomic E-state index is 0.141. The van der Waals surface area contributed by atoms with Crippen LogP contribution in [-0.2, 0) is 4.79 Å². The number of piperidine rings is 1. The molecule has 1 fully saturated rings. The largest absolute Gasteiger partial charge is 0.378 e. The van der Waals surface area contributed by atoms with Crippen molar-refractivity contribution in [3.05, 3.63) is 47.4 Å². The second-order valence-electron chi connectivity index (χ2n) is 6.73. The molecule has 0 spiro atoms. The summed E-state index contributed by atoms with van der Waals surface area (Å²) in [6.07, 6.45) is 4.61. The highest BCUT2D eigenvalue weighted by Gasteiger charge is 2.29. The molecule has 3 heterocycles. The molecule has 2 amide bonds. The normalized spacial score (nSPS) is 16.7. The first-order chi connectivity index (χ1) is 12.9. The number of likely N-dealkylation sites (tertiary alicyclic amines) is 1. The van der Waals surface area contributed by atoms with Crippen LogP contribution in [0.2, 0.25) is 5.02 Å². The van der Waals surface area contributed by atoms with Gasteiger partial charge in [-0.2, -0.15) is 0 Å². The van der Waals surface area contributed by atoms with Gasteiger partial charge in [-0.15, -0.1) is 0 Å². The van der Waals surface area contributed by atoms with Crippen molar-refractivity contribution in [2.45, 2.75) is 12.8 Å². The Morgan fingerprint density at radius 3 is 2.78 bits per heavy atom. The first-order valence-electron chi connectivity index (χ1n) is 8.79. The van der Waals surface area contributed by atoms with E-state index in [1.165, 1.54) is 6.20 Å². The maximum absolute atomic E-state index is 12.8. The van der Waals surface area contributed by atoms with E-state index in [0.717, 1.165) is 18.5 Å². The van der Waals surface area contributed by atoms with E-state index in [1.807, 2.05) is 25.1 Å². The summed E-state index contributed by atoms with van der Waals surface area (Å²) >= 11 is 5.81. The lowest BCUT2D eigenvalue weighted by molar-refractivity contribution is -0.121. The Kier molecular flexibility index (Phi) is 5.91. The van der Waals surface area contributed by atoms with Gasteiger partial charge < -0.3 is 15.1 Å². The van der Waals surface area contributed by atoms with E-state index < -0.39 is 0 Å². The first kappa shape index (κ1) is 19.1. The highest BCUT2D eigenvalue weighted by Crippen LogP contribution is 2.21. The molecule has 0 aliphatic carbocycles. The smallest absolute Gasteiger partial charge is 0.272 e. The van der Waals surface area contributed by atoms with Crippen molar-refractivity contribution in [3.63, 3.8) is 0 Å². The van der Waals surface area contributed by atoms with Crippen LogP contribution in [0.15, 0.2) is 36.7 Å². The molecule has 2 aromatic rings. The maximum atomic E-state index is 12.8. The molecule has 1 saturated heterocycles. The third-order valence-electron chi connectivity index (χ3n) is 4.54. The van der Waals surface area contributed by atoms with Crippen molar-refractivity contribution in [3.8, 4) is 0 Å².